The zero-order chi connectivity index (χ0) is 27.0. The Hall–Kier alpha value is -2.78. The van der Waals surface area contributed by atoms with E-state index in [0.29, 0.717) is 22.9 Å². The van der Waals surface area contributed by atoms with Crippen molar-refractivity contribution < 1.29 is 22.7 Å². The molecule has 0 heterocycles. The van der Waals surface area contributed by atoms with Crippen molar-refractivity contribution in [1.29, 1.82) is 0 Å². The first-order chi connectivity index (χ1) is 17.6. The minimum Gasteiger partial charge on any atom is -0.497 e. The second-order valence-corrected chi connectivity index (χ2v) is 11.7. The van der Waals surface area contributed by atoms with Crippen LogP contribution < -0.4 is 14.4 Å². The van der Waals surface area contributed by atoms with Crippen molar-refractivity contribution in [3.8, 4) is 5.75 Å². The lowest BCUT2D eigenvalue weighted by Gasteiger charge is -2.34. The van der Waals surface area contributed by atoms with Gasteiger partial charge in [-0.15, -0.1) is 0 Å². The molecule has 37 heavy (non-hydrogen) atoms. The van der Waals surface area contributed by atoms with E-state index in [4.69, 9.17) is 16.3 Å². The van der Waals surface area contributed by atoms with E-state index in [0.717, 1.165) is 48.2 Å². The Bertz CT molecular complexity index is 1170. The van der Waals surface area contributed by atoms with Crippen LogP contribution in [0.3, 0.4) is 0 Å². The van der Waals surface area contributed by atoms with Gasteiger partial charge in [0, 0.05) is 17.6 Å². The Balaban J connectivity index is 1.92. The van der Waals surface area contributed by atoms with Crippen LogP contribution in [0.25, 0.3) is 0 Å². The van der Waals surface area contributed by atoms with Gasteiger partial charge in [-0.2, -0.15) is 0 Å². The van der Waals surface area contributed by atoms with E-state index in [2.05, 4.69) is 5.32 Å². The molecule has 1 fully saturated rings. The lowest BCUT2D eigenvalue weighted by Crippen LogP contribution is -2.53. The lowest BCUT2D eigenvalue weighted by atomic mass is 9.95. The Kier molecular flexibility index (Phi) is 10.2. The van der Waals surface area contributed by atoms with Crippen molar-refractivity contribution in [2.45, 2.75) is 64.1 Å². The highest BCUT2D eigenvalue weighted by Gasteiger charge is 2.32. The monoisotopic (exact) mass is 549 g/mol. The molecule has 10 heteroatoms. The number of nitrogens with zero attached hydrogens (tertiary/aromatic N) is 2. The highest BCUT2D eigenvalue weighted by atomic mass is 35.5. The van der Waals surface area contributed by atoms with Crippen molar-refractivity contribution in [3.05, 3.63) is 59.1 Å². The molecule has 1 atom stereocenters. The third-order valence-electron chi connectivity index (χ3n) is 6.62. The van der Waals surface area contributed by atoms with Gasteiger partial charge in [-0.25, -0.2) is 8.42 Å². The number of methoxy groups -OCH3 is 1. The van der Waals surface area contributed by atoms with Crippen LogP contribution in [-0.2, 0) is 26.2 Å². The fraction of sp³-hybridized carbons (Fsp3) is 0.481. The quantitative estimate of drug-likeness (QED) is 0.449. The third kappa shape index (κ3) is 8.10. The molecule has 0 aromatic heterocycles. The predicted molar refractivity (Wildman–Crippen MR) is 146 cm³/mol. The van der Waals surface area contributed by atoms with Crippen molar-refractivity contribution >= 4 is 39.1 Å². The van der Waals surface area contributed by atoms with Gasteiger partial charge in [0.1, 0.15) is 18.3 Å². The molecule has 0 aliphatic heterocycles. The second kappa shape index (κ2) is 13.1. The smallest absolute Gasteiger partial charge is 0.244 e. The van der Waals surface area contributed by atoms with E-state index in [9.17, 15) is 18.0 Å². The van der Waals surface area contributed by atoms with Gasteiger partial charge in [-0.05, 0) is 61.2 Å². The first-order valence-electron chi connectivity index (χ1n) is 12.6. The number of carbonyl (C=O) groups excluding carboxylic acids is 2. The Labute approximate surface area is 225 Å². The van der Waals surface area contributed by atoms with Crippen LogP contribution in [0.5, 0.6) is 5.75 Å². The van der Waals surface area contributed by atoms with E-state index < -0.39 is 28.5 Å². The Morgan fingerprint density at radius 3 is 2.38 bits per heavy atom. The van der Waals surface area contributed by atoms with Crippen LogP contribution in [0.4, 0.5) is 5.69 Å². The molecular formula is C27H36ClN3O5S. The summed E-state index contributed by atoms with van der Waals surface area (Å²) in [5.74, 6) is -0.0691. The number of anilines is 1. The summed E-state index contributed by atoms with van der Waals surface area (Å²) in [5.41, 5.74) is 1.09. The number of ether oxygens (including phenoxy) is 1. The summed E-state index contributed by atoms with van der Waals surface area (Å²) in [4.78, 5) is 28.7. The van der Waals surface area contributed by atoms with Crippen LogP contribution >= 0.6 is 11.6 Å². The molecule has 202 valence electrons. The zero-order valence-corrected chi connectivity index (χ0v) is 23.2. The number of amides is 2. The molecular weight excluding hydrogens is 514 g/mol. The topological polar surface area (TPSA) is 96.0 Å². The number of nitrogens with one attached hydrogen (secondary N) is 1. The van der Waals surface area contributed by atoms with Crippen LogP contribution in [0.1, 0.15) is 51.0 Å². The normalized spacial score (nSPS) is 15.0. The lowest BCUT2D eigenvalue weighted by molar-refractivity contribution is -0.140. The highest BCUT2D eigenvalue weighted by molar-refractivity contribution is 7.92. The van der Waals surface area contributed by atoms with Crippen molar-refractivity contribution in [2.75, 3.05) is 24.2 Å². The van der Waals surface area contributed by atoms with Crippen LogP contribution in [0, 0.1) is 0 Å². The number of sulfonamides is 1. The first-order valence-corrected chi connectivity index (χ1v) is 14.8. The van der Waals surface area contributed by atoms with E-state index >= 15 is 0 Å². The van der Waals surface area contributed by atoms with Gasteiger partial charge in [-0.1, -0.05) is 49.9 Å². The average molecular weight is 550 g/mol. The molecule has 0 radical (unpaired) electrons. The van der Waals surface area contributed by atoms with Crippen molar-refractivity contribution in [1.82, 2.24) is 10.2 Å². The Morgan fingerprint density at radius 2 is 1.78 bits per heavy atom. The molecule has 2 aromatic rings. The van der Waals surface area contributed by atoms with Gasteiger partial charge >= 0.3 is 0 Å². The third-order valence-corrected chi connectivity index (χ3v) is 8.01. The van der Waals surface area contributed by atoms with Crippen LogP contribution in [-0.4, -0.2) is 57.1 Å². The molecule has 2 amide bonds. The summed E-state index contributed by atoms with van der Waals surface area (Å²) in [6, 6.07) is 12.8. The van der Waals surface area contributed by atoms with Crippen LogP contribution in [0.2, 0.25) is 5.02 Å². The summed E-state index contributed by atoms with van der Waals surface area (Å²) in [5, 5.41) is 3.58. The van der Waals surface area contributed by atoms with E-state index in [1.165, 1.54) is 4.90 Å². The van der Waals surface area contributed by atoms with E-state index in [-0.39, 0.29) is 18.5 Å². The molecule has 1 N–H and O–H groups in total. The number of benzene rings is 2. The molecule has 2 aromatic carbocycles. The van der Waals surface area contributed by atoms with E-state index in [1.807, 2.05) is 19.1 Å². The largest absolute Gasteiger partial charge is 0.497 e. The fourth-order valence-electron chi connectivity index (χ4n) is 4.65. The molecule has 0 spiro atoms. The first kappa shape index (κ1) is 28.8. The minimum atomic E-state index is -3.80. The van der Waals surface area contributed by atoms with Gasteiger partial charge in [-0.3, -0.25) is 13.9 Å². The van der Waals surface area contributed by atoms with Gasteiger partial charge in [0.25, 0.3) is 0 Å². The van der Waals surface area contributed by atoms with Gasteiger partial charge in [0.2, 0.25) is 21.8 Å². The molecule has 0 bridgehead atoms. The maximum atomic E-state index is 13.8. The number of halogens is 1. The average Bonchev–Trinajstić information content (AvgIpc) is 2.87. The SMILES string of the molecule is CC[C@@H](C(=O)NC1CCCCC1)N(Cc1cccc(OC)c1)C(=O)CN(c1ccc(Cl)cc1)S(C)(=O)=O. The van der Waals surface area contributed by atoms with Gasteiger partial charge in [0.05, 0.1) is 19.1 Å². The van der Waals surface area contributed by atoms with Gasteiger partial charge in [0.15, 0.2) is 0 Å². The number of rotatable bonds is 11. The Morgan fingerprint density at radius 1 is 1.11 bits per heavy atom. The van der Waals surface area contributed by atoms with Crippen molar-refractivity contribution in [2.24, 2.45) is 0 Å². The molecule has 1 saturated carbocycles. The molecule has 1 aliphatic rings. The number of carbonyl (C=O) groups is 2. The molecule has 1 aliphatic carbocycles. The fourth-order valence-corrected chi connectivity index (χ4v) is 5.63. The molecule has 0 saturated heterocycles. The minimum absolute atomic E-state index is 0.0886. The summed E-state index contributed by atoms with van der Waals surface area (Å²) in [6.45, 7) is 1.53. The predicted octanol–water partition coefficient (Wildman–Crippen LogP) is 4.37. The maximum Gasteiger partial charge on any atom is 0.244 e. The van der Waals surface area contributed by atoms with Gasteiger partial charge < -0.3 is 15.0 Å². The second-order valence-electron chi connectivity index (χ2n) is 9.39. The number of hydrogen-bond donors (Lipinski definition) is 1. The number of hydrogen-bond acceptors (Lipinski definition) is 5. The molecule has 3 rings (SSSR count). The molecule has 8 nitrogen and oxygen atoms in total. The summed E-state index contributed by atoms with van der Waals surface area (Å²) in [6.07, 6.45) is 6.57. The van der Waals surface area contributed by atoms with Crippen LogP contribution in [0.15, 0.2) is 48.5 Å². The maximum absolute atomic E-state index is 13.8. The zero-order valence-electron chi connectivity index (χ0n) is 21.7. The van der Waals surface area contributed by atoms with E-state index in [1.54, 1.807) is 43.5 Å². The summed E-state index contributed by atoms with van der Waals surface area (Å²) < 4.78 is 31.7. The summed E-state index contributed by atoms with van der Waals surface area (Å²) >= 11 is 5.98. The van der Waals surface area contributed by atoms with Crippen molar-refractivity contribution in [3.63, 3.8) is 0 Å². The standard InChI is InChI=1S/C27H36ClN3O5S/c1-4-25(27(33)29-22-10-6-5-7-11-22)30(18-20-9-8-12-24(17-20)36-2)26(32)19-31(37(3,34)35)23-15-13-21(28)14-16-23/h8-9,12-17,22,25H,4-7,10-11,18-19H2,1-3H3,(H,29,33)/t25-/m0/s1. The molecule has 0 unspecified atom stereocenters. The highest BCUT2D eigenvalue weighted by Crippen LogP contribution is 2.23. The summed E-state index contributed by atoms with van der Waals surface area (Å²) in [7, 11) is -2.24.